The smallest absolute Gasteiger partial charge is 0.235 e. The minimum absolute atomic E-state index is 0.0382. The number of nitrogens with zero attached hydrogens (tertiary/aromatic N) is 3. The summed E-state index contributed by atoms with van der Waals surface area (Å²) in [5.41, 5.74) is 2.14. The summed E-state index contributed by atoms with van der Waals surface area (Å²) in [5, 5.41) is 22.2. The molecule has 2 unspecified atom stereocenters. The van der Waals surface area contributed by atoms with E-state index in [1.165, 1.54) is 31.5 Å². The molecule has 1 amide bonds. The van der Waals surface area contributed by atoms with Crippen molar-refractivity contribution < 1.29 is 38.6 Å². The molecule has 3 aliphatic carbocycles. The lowest BCUT2D eigenvalue weighted by Crippen LogP contribution is -2.74. The number of phenols is 1. The quantitative estimate of drug-likeness (QED) is 0.446. The Bertz CT molecular complexity index is 1370. The molecule has 6 atom stereocenters. The van der Waals surface area contributed by atoms with E-state index >= 15 is 4.39 Å². The van der Waals surface area contributed by atoms with Gasteiger partial charge in [-0.1, -0.05) is 0 Å². The van der Waals surface area contributed by atoms with Gasteiger partial charge in [-0.2, -0.15) is 0 Å². The van der Waals surface area contributed by atoms with Crippen molar-refractivity contribution in [2.45, 2.75) is 31.0 Å². The molecule has 4 N–H and O–H groups in total. The van der Waals surface area contributed by atoms with E-state index in [0.717, 1.165) is 6.07 Å². The molecule has 1 aromatic heterocycles. The van der Waals surface area contributed by atoms with Crippen LogP contribution in [0.25, 0.3) is 0 Å². The Balaban J connectivity index is 1.61. The lowest BCUT2D eigenvalue weighted by Gasteiger charge is -2.52. The van der Waals surface area contributed by atoms with Crippen LogP contribution in [0.2, 0.25) is 0 Å². The fourth-order valence-electron chi connectivity index (χ4n) is 6.40. The number of primary amides is 1. The van der Waals surface area contributed by atoms with Gasteiger partial charge in [0.15, 0.2) is 34.7 Å². The molecule has 5 rings (SSSR count). The number of Topliss-reactive ketones (excluding diaryl/α,β-unsaturated/α-hetero) is 4. The summed E-state index contributed by atoms with van der Waals surface area (Å²) in [4.78, 5) is 70.8. The van der Waals surface area contributed by atoms with E-state index in [1.807, 2.05) is 0 Å². The molecule has 0 radical (unpaired) electrons. The van der Waals surface area contributed by atoms with E-state index < -0.39 is 75.9 Å². The maximum Gasteiger partial charge on any atom is 0.235 e. The number of aromatic hydroxyl groups is 1. The second-order valence-electron chi connectivity index (χ2n) is 10.2. The molecule has 0 spiro atoms. The summed E-state index contributed by atoms with van der Waals surface area (Å²) in [6.45, 7) is 0.0382. The van der Waals surface area contributed by atoms with Gasteiger partial charge in [0.05, 0.1) is 30.4 Å². The van der Waals surface area contributed by atoms with Crippen molar-refractivity contribution in [3.8, 4) is 5.75 Å². The third-order valence-electron chi connectivity index (χ3n) is 7.98. The molecule has 1 aromatic carbocycles. The summed E-state index contributed by atoms with van der Waals surface area (Å²) >= 11 is 0. The van der Waals surface area contributed by atoms with Crippen molar-refractivity contribution in [2.75, 3.05) is 14.1 Å². The lowest BCUT2D eigenvalue weighted by molar-refractivity contribution is -0.181. The van der Waals surface area contributed by atoms with Crippen LogP contribution in [0.5, 0.6) is 5.75 Å². The first-order valence-corrected chi connectivity index (χ1v) is 11.7. The zero-order valence-corrected chi connectivity index (χ0v) is 20.1. The van der Waals surface area contributed by atoms with Crippen molar-refractivity contribution in [2.24, 2.45) is 29.4 Å². The molecule has 2 aromatic rings. The molecule has 1 heterocycles. The molecule has 12 heteroatoms. The summed E-state index contributed by atoms with van der Waals surface area (Å²) < 4.78 is 17.2. The van der Waals surface area contributed by atoms with Crippen LogP contribution in [-0.4, -0.2) is 79.4 Å². The molecule has 0 aliphatic heterocycles. The molecule has 2 fully saturated rings. The number of imidazole rings is 1. The Hall–Kier alpha value is -3.77. The number of benzene rings is 1. The number of nitrogens with two attached hydrogens (primary N) is 1. The number of phenolic OH excluding ortho intramolecular Hbond substituents is 1. The Labute approximate surface area is 210 Å². The Morgan fingerprint density at radius 1 is 1.27 bits per heavy atom. The number of amides is 1. The first kappa shape index (κ1) is 24.9. The highest BCUT2D eigenvalue weighted by Crippen LogP contribution is 2.51. The van der Waals surface area contributed by atoms with E-state index in [2.05, 4.69) is 4.98 Å². The van der Waals surface area contributed by atoms with E-state index in [-0.39, 0.29) is 36.1 Å². The maximum absolute atomic E-state index is 15.6. The van der Waals surface area contributed by atoms with Crippen LogP contribution in [-0.2, 0) is 32.1 Å². The largest absolute Gasteiger partial charge is 0.507 e. The predicted octanol–water partition coefficient (Wildman–Crippen LogP) is -0.749. The standard InChI is InChI=1S/C25H25FN4O7/c1-29(2)19-13-6-10-5-12-16(14(31)7-11(18(12)26)8-30-4-3-28-9-30)20(32)15(10)22(34)25(13,37)23(35)17(21(19)33)24(27)36/h3-4,7,9-10,13,15,17,19,31,37H,5-6,8H2,1-2H3,(H2,27,36)/t10-,13-,15?,17?,19-,25-/m0/s1. The van der Waals surface area contributed by atoms with Gasteiger partial charge in [0.1, 0.15) is 11.6 Å². The van der Waals surface area contributed by atoms with E-state index in [4.69, 9.17) is 5.73 Å². The molecular formula is C25H25FN4O7. The van der Waals surface area contributed by atoms with Crippen molar-refractivity contribution in [3.63, 3.8) is 0 Å². The van der Waals surface area contributed by atoms with Crippen LogP contribution in [0.3, 0.4) is 0 Å². The Morgan fingerprint density at radius 2 is 1.97 bits per heavy atom. The molecule has 3 aliphatic rings. The Kier molecular flexibility index (Phi) is 5.64. The Morgan fingerprint density at radius 3 is 2.57 bits per heavy atom. The van der Waals surface area contributed by atoms with Crippen LogP contribution in [0.1, 0.15) is 27.9 Å². The third kappa shape index (κ3) is 3.39. The molecule has 0 saturated heterocycles. The number of ketones is 4. The topological polar surface area (TPSA) is 173 Å². The first-order valence-electron chi connectivity index (χ1n) is 11.7. The summed E-state index contributed by atoms with van der Waals surface area (Å²) in [6.07, 6.45) is 4.31. The zero-order chi connectivity index (χ0) is 27.0. The van der Waals surface area contributed by atoms with Crippen LogP contribution in [0.4, 0.5) is 4.39 Å². The van der Waals surface area contributed by atoms with Gasteiger partial charge in [0.2, 0.25) is 5.91 Å². The number of carbonyl (C=O) groups is 5. The predicted molar refractivity (Wildman–Crippen MR) is 123 cm³/mol. The maximum atomic E-state index is 15.6. The monoisotopic (exact) mass is 512 g/mol. The molecule has 37 heavy (non-hydrogen) atoms. The molecule has 2 saturated carbocycles. The van der Waals surface area contributed by atoms with E-state index in [9.17, 15) is 34.2 Å². The molecule has 194 valence electrons. The second kappa shape index (κ2) is 8.38. The molecule has 0 bridgehead atoms. The van der Waals surface area contributed by atoms with Crippen molar-refractivity contribution in [3.05, 3.63) is 47.3 Å². The highest BCUT2D eigenvalue weighted by molar-refractivity contribution is 6.32. The highest BCUT2D eigenvalue weighted by atomic mass is 19.1. The minimum Gasteiger partial charge on any atom is -0.507 e. The summed E-state index contributed by atoms with van der Waals surface area (Å²) in [5.74, 6) is -12.5. The fraction of sp³-hybridized carbons (Fsp3) is 0.440. The number of rotatable bonds is 4. The van der Waals surface area contributed by atoms with Crippen molar-refractivity contribution in [1.82, 2.24) is 14.5 Å². The number of likely N-dealkylation sites (N-methyl/N-ethyl adjacent to an activating group) is 1. The number of fused-ring (bicyclic) bond motifs is 3. The number of aliphatic hydroxyl groups is 1. The van der Waals surface area contributed by atoms with Gasteiger partial charge in [0.25, 0.3) is 0 Å². The van der Waals surface area contributed by atoms with Crippen molar-refractivity contribution >= 4 is 29.0 Å². The first-order chi connectivity index (χ1) is 17.4. The fourth-order valence-corrected chi connectivity index (χ4v) is 6.40. The number of hydrogen-bond acceptors (Lipinski definition) is 9. The van der Waals surface area contributed by atoms with Crippen LogP contribution in [0.15, 0.2) is 24.8 Å². The second-order valence-corrected chi connectivity index (χ2v) is 10.2. The average Bonchev–Trinajstić information content (AvgIpc) is 3.32. The van der Waals surface area contributed by atoms with Crippen LogP contribution in [0, 0.1) is 29.5 Å². The van der Waals surface area contributed by atoms with Gasteiger partial charge in [-0.3, -0.25) is 28.9 Å². The third-order valence-corrected chi connectivity index (χ3v) is 7.98. The molecule has 11 nitrogen and oxygen atoms in total. The van der Waals surface area contributed by atoms with Gasteiger partial charge in [-0.25, -0.2) is 9.37 Å². The summed E-state index contributed by atoms with van der Waals surface area (Å²) in [6, 6.07) is -0.111. The number of halogens is 1. The number of aromatic nitrogens is 2. The van der Waals surface area contributed by atoms with E-state index in [1.54, 1.807) is 10.8 Å². The minimum atomic E-state index is -2.81. The highest BCUT2D eigenvalue weighted by Gasteiger charge is 2.69. The number of carbonyl (C=O) groups excluding carboxylic acids is 5. The van der Waals surface area contributed by atoms with Gasteiger partial charge in [-0.05, 0) is 38.9 Å². The molecular weight excluding hydrogens is 487 g/mol. The number of hydrogen-bond donors (Lipinski definition) is 3. The van der Waals surface area contributed by atoms with Gasteiger partial charge in [0, 0.05) is 29.4 Å². The lowest BCUT2D eigenvalue weighted by atomic mass is 9.52. The van der Waals surface area contributed by atoms with Crippen LogP contribution >= 0.6 is 0 Å². The van der Waals surface area contributed by atoms with Gasteiger partial charge >= 0.3 is 0 Å². The summed E-state index contributed by atoms with van der Waals surface area (Å²) in [7, 11) is 2.99. The van der Waals surface area contributed by atoms with Crippen LogP contribution < -0.4 is 5.73 Å². The average molecular weight is 512 g/mol. The zero-order valence-electron chi connectivity index (χ0n) is 20.1. The van der Waals surface area contributed by atoms with Gasteiger partial charge < -0.3 is 20.5 Å². The van der Waals surface area contributed by atoms with E-state index in [0.29, 0.717) is 0 Å². The normalized spacial score (nSPS) is 31.2. The van der Waals surface area contributed by atoms with Crippen molar-refractivity contribution in [1.29, 1.82) is 0 Å². The SMILES string of the molecule is CN(C)[C@@H]1C(=O)C(C(N)=O)C(=O)[C@@]2(O)C(=O)C3C(=O)c4c(O)cc(Cn5ccnc5)c(F)c4C[C@H]3C[C@@H]12. The van der Waals surface area contributed by atoms with Gasteiger partial charge in [-0.15, -0.1) is 0 Å².